The van der Waals surface area contributed by atoms with E-state index in [1.54, 1.807) is 0 Å². The third kappa shape index (κ3) is 2.97. The normalized spacial score (nSPS) is 11.5. The quantitative estimate of drug-likeness (QED) is 0.844. The van der Waals surface area contributed by atoms with Gasteiger partial charge in [-0.05, 0) is 24.6 Å². The molecule has 0 radical (unpaired) electrons. The molecular formula is C11H13ClN2O2S. The van der Waals surface area contributed by atoms with Crippen LogP contribution in [-0.2, 0) is 10.0 Å². The molecular weight excluding hydrogens is 260 g/mol. The second kappa shape index (κ2) is 5.50. The highest BCUT2D eigenvalue weighted by atomic mass is 35.5. The minimum atomic E-state index is -3.51. The molecule has 0 spiro atoms. The van der Waals surface area contributed by atoms with Gasteiger partial charge in [-0.15, -0.1) is 0 Å². The maximum absolute atomic E-state index is 12.1. The van der Waals surface area contributed by atoms with Crippen LogP contribution in [0.15, 0.2) is 23.1 Å². The Hall–Kier alpha value is -1.09. The van der Waals surface area contributed by atoms with Gasteiger partial charge >= 0.3 is 0 Å². The van der Waals surface area contributed by atoms with Crippen LogP contribution < -0.4 is 0 Å². The highest BCUT2D eigenvalue weighted by Crippen LogP contribution is 2.22. The number of nitriles is 1. The number of benzene rings is 1. The number of hydrogen-bond donors (Lipinski definition) is 0. The average molecular weight is 273 g/mol. The molecule has 1 aromatic rings. The van der Waals surface area contributed by atoms with Crippen LogP contribution in [-0.4, -0.2) is 26.3 Å². The van der Waals surface area contributed by atoms with Crippen molar-refractivity contribution in [2.45, 2.75) is 18.2 Å². The molecule has 0 aliphatic carbocycles. The molecule has 0 amide bonds. The first-order valence-electron chi connectivity index (χ1n) is 5.09. The van der Waals surface area contributed by atoms with Gasteiger partial charge in [-0.1, -0.05) is 18.5 Å². The van der Waals surface area contributed by atoms with Crippen molar-refractivity contribution >= 4 is 21.6 Å². The van der Waals surface area contributed by atoms with Gasteiger partial charge < -0.3 is 0 Å². The maximum Gasteiger partial charge on any atom is 0.242 e. The molecule has 1 aromatic carbocycles. The van der Waals surface area contributed by atoms with E-state index in [-0.39, 0.29) is 15.5 Å². The van der Waals surface area contributed by atoms with E-state index in [1.165, 1.54) is 29.6 Å². The number of hydrogen-bond acceptors (Lipinski definition) is 3. The Kier molecular flexibility index (Phi) is 4.52. The zero-order chi connectivity index (χ0) is 13.1. The van der Waals surface area contributed by atoms with E-state index in [4.69, 9.17) is 16.9 Å². The molecule has 0 N–H and O–H groups in total. The minimum absolute atomic E-state index is 0.109. The first-order valence-corrected chi connectivity index (χ1v) is 6.91. The zero-order valence-corrected chi connectivity index (χ0v) is 11.2. The molecule has 0 atom stereocenters. The van der Waals surface area contributed by atoms with Crippen LogP contribution in [0.5, 0.6) is 0 Å². The molecule has 17 heavy (non-hydrogen) atoms. The number of rotatable bonds is 4. The second-order valence-corrected chi connectivity index (χ2v) is 6.03. The largest absolute Gasteiger partial charge is 0.242 e. The molecule has 0 bridgehead atoms. The van der Waals surface area contributed by atoms with Crippen molar-refractivity contribution in [3.05, 3.63) is 28.8 Å². The fourth-order valence-electron chi connectivity index (χ4n) is 1.36. The molecule has 0 aliphatic heterocycles. The van der Waals surface area contributed by atoms with Gasteiger partial charge in [0.05, 0.1) is 15.5 Å². The Morgan fingerprint density at radius 3 is 2.59 bits per heavy atom. The summed E-state index contributed by atoms with van der Waals surface area (Å²) in [6.45, 7) is 2.34. The fourth-order valence-corrected chi connectivity index (χ4v) is 2.94. The molecule has 0 unspecified atom stereocenters. The molecule has 1 rings (SSSR count). The van der Waals surface area contributed by atoms with Crippen molar-refractivity contribution in [1.82, 2.24) is 4.31 Å². The standard InChI is InChI=1S/C11H13ClN2O2S/c1-3-6-14(2)17(15,16)10-5-4-9(8-13)11(12)7-10/h4-5,7H,3,6H2,1-2H3. The van der Waals surface area contributed by atoms with Gasteiger partial charge in [0.25, 0.3) is 0 Å². The van der Waals surface area contributed by atoms with Crippen molar-refractivity contribution in [3.63, 3.8) is 0 Å². The lowest BCUT2D eigenvalue weighted by Gasteiger charge is -2.16. The summed E-state index contributed by atoms with van der Waals surface area (Å²) >= 11 is 5.81. The average Bonchev–Trinajstić information content (AvgIpc) is 2.29. The monoisotopic (exact) mass is 272 g/mol. The zero-order valence-electron chi connectivity index (χ0n) is 9.64. The molecule has 6 heteroatoms. The summed E-state index contributed by atoms with van der Waals surface area (Å²) < 4.78 is 25.4. The third-order valence-corrected chi connectivity index (χ3v) is 4.47. The number of sulfonamides is 1. The van der Waals surface area contributed by atoms with Crippen LogP contribution in [0.3, 0.4) is 0 Å². The molecule has 0 heterocycles. The Bertz CT molecular complexity index is 549. The highest BCUT2D eigenvalue weighted by Gasteiger charge is 2.20. The van der Waals surface area contributed by atoms with Crippen molar-refractivity contribution < 1.29 is 8.42 Å². The SMILES string of the molecule is CCCN(C)S(=O)(=O)c1ccc(C#N)c(Cl)c1. The minimum Gasteiger partial charge on any atom is -0.207 e. The van der Waals surface area contributed by atoms with E-state index in [0.29, 0.717) is 6.54 Å². The van der Waals surface area contributed by atoms with Crippen molar-refractivity contribution in [2.75, 3.05) is 13.6 Å². The van der Waals surface area contributed by atoms with E-state index in [0.717, 1.165) is 6.42 Å². The Labute approximate surface area is 106 Å². The molecule has 0 aliphatic rings. The second-order valence-electron chi connectivity index (χ2n) is 3.58. The molecule has 0 aromatic heterocycles. The summed E-state index contributed by atoms with van der Waals surface area (Å²) in [5, 5.41) is 8.86. The highest BCUT2D eigenvalue weighted by molar-refractivity contribution is 7.89. The van der Waals surface area contributed by atoms with Gasteiger partial charge in [-0.25, -0.2) is 12.7 Å². The summed E-state index contributed by atoms with van der Waals surface area (Å²) in [5.41, 5.74) is 0.267. The number of halogens is 1. The summed E-state index contributed by atoms with van der Waals surface area (Å²) in [5.74, 6) is 0. The fraction of sp³-hybridized carbons (Fsp3) is 0.364. The van der Waals surface area contributed by atoms with Crippen LogP contribution in [0.1, 0.15) is 18.9 Å². The number of nitrogens with zero attached hydrogens (tertiary/aromatic N) is 2. The summed E-state index contributed by atoms with van der Waals surface area (Å²) in [6, 6.07) is 6.00. The van der Waals surface area contributed by atoms with Gasteiger partial charge in [0, 0.05) is 13.6 Å². The van der Waals surface area contributed by atoms with Crippen LogP contribution in [0.4, 0.5) is 0 Å². The van der Waals surface area contributed by atoms with E-state index in [9.17, 15) is 8.42 Å². The van der Waals surface area contributed by atoms with Crippen molar-refractivity contribution in [2.24, 2.45) is 0 Å². The van der Waals surface area contributed by atoms with Crippen LogP contribution >= 0.6 is 11.6 Å². The lowest BCUT2D eigenvalue weighted by atomic mass is 10.2. The first-order chi connectivity index (χ1) is 7.93. The van der Waals surface area contributed by atoms with E-state index in [2.05, 4.69) is 0 Å². The Morgan fingerprint density at radius 1 is 1.47 bits per heavy atom. The van der Waals surface area contributed by atoms with E-state index >= 15 is 0 Å². The lowest BCUT2D eigenvalue weighted by Crippen LogP contribution is -2.27. The van der Waals surface area contributed by atoms with Gasteiger partial charge in [0.2, 0.25) is 10.0 Å². The summed E-state index contributed by atoms with van der Waals surface area (Å²) in [7, 11) is -1.99. The predicted molar refractivity (Wildman–Crippen MR) is 66.3 cm³/mol. The Balaban J connectivity index is 3.18. The lowest BCUT2D eigenvalue weighted by molar-refractivity contribution is 0.468. The van der Waals surface area contributed by atoms with Gasteiger partial charge in [-0.3, -0.25) is 0 Å². The first kappa shape index (κ1) is 14.0. The third-order valence-electron chi connectivity index (χ3n) is 2.31. The van der Waals surface area contributed by atoms with Crippen LogP contribution in [0.25, 0.3) is 0 Å². The molecule has 0 saturated heterocycles. The Morgan fingerprint density at radius 2 is 2.12 bits per heavy atom. The predicted octanol–water partition coefficient (Wildman–Crippen LogP) is 2.24. The van der Waals surface area contributed by atoms with Crippen molar-refractivity contribution in [1.29, 1.82) is 5.26 Å². The molecule has 0 saturated carbocycles. The summed E-state index contributed by atoms with van der Waals surface area (Å²) in [4.78, 5) is 0.109. The smallest absolute Gasteiger partial charge is 0.207 e. The molecule has 4 nitrogen and oxygen atoms in total. The topological polar surface area (TPSA) is 61.2 Å². The van der Waals surface area contributed by atoms with Crippen LogP contribution in [0.2, 0.25) is 5.02 Å². The van der Waals surface area contributed by atoms with Gasteiger partial charge in [0.15, 0.2) is 0 Å². The van der Waals surface area contributed by atoms with Gasteiger partial charge in [-0.2, -0.15) is 5.26 Å². The van der Waals surface area contributed by atoms with Crippen LogP contribution in [0, 0.1) is 11.3 Å². The maximum atomic E-state index is 12.1. The molecule has 0 fully saturated rings. The van der Waals surface area contributed by atoms with Crippen molar-refractivity contribution in [3.8, 4) is 6.07 Å². The van der Waals surface area contributed by atoms with Gasteiger partial charge in [0.1, 0.15) is 6.07 Å². The molecule has 92 valence electrons. The summed E-state index contributed by atoms with van der Waals surface area (Å²) in [6.07, 6.45) is 0.736. The van der Waals surface area contributed by atoms with E-state index in [1.807, 2.05) is 13.0 Å². The van der Waals surface area contributed by atoms with E-state index < -0.39 is 10.0 Å².